The third-order valence-electron chi connectivity index (χ3n) is 3.49. The summed E-state index contributed by atoms with van der Waals surface area (Å²) < 4.78 is 4.68. The Morgan fingerprint density at radius 1 is 1.54 bits per heavy atom. The predicted octanol–water partition coefficient (Wildman–Crippen LogP) is 0.938. The normalized spacial score (nSPS) is 37.5. The molecule has 0 aromatic carbocycles. The standard InChI is InChI=1S/C10H17NO2/c1-13-10(12)5-9-8-4-2-3-7(8)6-11-9/h7-9,11H,2-6H2,1H3. The Balaban J connectivity index is 1.90. The van der Waals surface area contributed by atoms with E-state index in [0.717, 1.165) is 18.4 Å². The summed E-state index contributed by atoms with van der Waals surface area (Å²) in [5.74, 6) is 1.49. The van der Waals surface area contributed by atoms with E-state index >= 15 is 0 Å². The largest absolute Gasteiger partial charge is 0.469 e. The first-order valence-corrected chi connectivity index (χ1v) is 5.11. The number of fused-ring (bicyclic) bond motifs is 1. The Labute approximate surface area is 78.8 Å². The quantitative estimate of drug-likeness (QED) is 0.647. The minimum Gasteiger partial charge on any atom is -0.469 e. The van der Waals surface area contributed by atoms with E-state index in [1.165, 1.54) is 26.4 Å². The maximum Gasteiger partial charge on any atom is 0.307 e. The van der Waals surface area contributed by atoms with Crippen LogP contribution in [0.1, 0.15) is 25.7 Å². The highest BCUT2D eigenvalue weighted by molar-refractivity contribution is 5.70. The first-order chi connectivity index (χ1) is 6.31. The second-order valence-corrected chi connectivity index (χ2v) is 4.15. The van der Waals surface area contributed by atoms with Crippen molar-refractivity contribution in [2.24, 2.45) is 11.8 Å². The lowest BCUT2D eigenvalue weighted by Crippen LogP contribution is -2.29. The van der Waals surface area contributed by atoms with Gasteiger partial charge in [-0.3, -0.25) is 4.79 Å². The molecule has 3 heteroatoms. The van der Waals surface area contributed by atoms with Crippen LogP contribution < -0.4 is 5.32 Å². The molecule has 1 aliphatic carbocycles. The van der Waals surface area contributed by atoms with E-state index < -0.39 is 0 Å². The molecule has 74 valence electrons. The van der Waals surface area contributed by atoms with Gasteiger partial charge in [-0.25, -0.2) is 0 Å². The van der Waals surface area contributed by atoms with Gasteiger partial charge in [-0.2, -0.15) is 0 Å². The fraction of sp³-hybridized carbons (Fsp3) is 0.900. The highest BCUT2D eigenvalue weighted by Crippen LogP contribution is 2.38. The number of carbonyl (C=O) groups is 1. The zero-order valence-corrected chi connectivity index (χ0v) is 8.08. The molecule has 1 saturated carbocycles. The maximum atomic E-state index is 11.1. The summed E-state index contributed by atoms with van der Waals surface area (Å²) in [5, 5.41) is 3.42. The number of hydrogen-bond acceptors (Lipinski definition) is 3. The molecule has 0 spiro atoms. The van der Waals surface area contributed by atoms with Gasteiger partial charge in [0.2, 0.25) is 0 Å². The van der Waals surface area contributed by atoms with Crippen molar-refractivity contribution in [3.63, 3.8) is 0 Å². The van der Waals surface area contributed by atoms with Crippen LogP contribution in [0.4, 0.5) is 0 Å². The van der Waals surface area contributed by atoms with Crippen molar-refractivity contribution in [2.75, 3.05) is 13.7 Å². The monoisotopic (exact) mass is 183 g/mol. The van der Waals surface area contributed by atoms with Gasteiger partial charge in [0, 0.05) is 6.04 Å². The predicted molar refractivity (Wildman–Crippen MR) is 49.3 cm³/mol. The van der Waals surface area contributed by atoms with Gasteiger partial charge in [0.05, 0.1) is 13.5 Å². The number of rotatable bonds is 2. The minimum atomic E-state index is -0.0787. The Hall–Kier alpha value is -0.570. The summed E-state index contributed by atoms with van der Waals surface area (Å²) in [7, 11) is 1.46. The first-order valence-electron chi connectivity index (χ1n) is 5.11. The molecular weight excluding hydrogens is 166 g/mol. The summed E-state index contributed by atoms with van der Waals surface area (Å²) in [6.45, 7) is 1.10. The second-order valence-electron chi connectivity index (χ2n) is 4.15. The molecule has 1 heterocycles. The van der Waals surface area contributed by atoms with Crippen molar-refractivity contribution >= 4 is 5.97 Å². The Bertz CT molecular complexity index is 205. The molecule has 2 aliphatic rings. The molecule has 1 saturated heterocycles. The fourth-order valence-electron chi connectivity index (χ4n) is 2.79. The molecule has 3 nitrogen and oxygen atoms in total. The first kappa shape index (κ1) is 9.00. The number of carbonyl (C=O) groups excluding carboxylic acids is 1. The van der Waals surface area contributed by atoms with Crippen LogP contribution in [0, 0.1) is 11.8 Å². The summed E-state index contributed by atoms with van der Waals surface area (Å²) in [6.07, 6.45) is 4.53. The van der Waals surface area contributed by atoms with E-state index in [2.05, 4.69) is 10.1 Å². The molecule has 1 aliphatic heterocycles. The van der Waals surface area contributed by atoms with Crippen molar-refractivity contribution in [2.45, 2.75) is 31.7 Å². The van der Waals surface area contributed by atoms with E-state index in [9.17, 15) is 4.79 Å². The molecule has 2 rings (SSSR count). The van der Waals surface area contributed by atoms with Gasteiger partial charge in [0.25, 0.3) is 0 Å². The zero-order valence-electron chi connectivity index (χ0n) is 8.08. The lowest BCUT2D eigenvalue weighted by molar-refractivity contribution is -0.141. The molecular formula is C10H17NO2. The van der Waals surface area contributed by atoms with Crippen molar-refractivity contribution in [1.82, 2.24) is 5.32 Å². The van der Waals surface area contributed by atoms with Crippen molar-refractivity contribution in [1.29, 1.82) is 0 Å². The van der Waals surface area contributed by atoms with E-state index in [4.69, 9.17) is 0 Å². The molecule has 3 unspecified atom stereocenters. The molecule has 2 fully saturated rings. The molecule has 0 amide bonds. The highest BCUT2D eigenvalue weighted by atomic mass is 16.5. The van der Waals surface area contributed by atoms with Crippen LogP contribution in [0.2, 0.25) is 0 Å². The van der Waals surface area contributed by atoms with Crippen molar-refractivity contribution < 1.29 is 9.53 Å². The van der Waals surface area contributed by atoms with Crippen LogP contribution in [0.5, 0.6) is 0 Å². The van der Waals surface area contributed by atoms with E-state index in [1.54, 1.807) is 0 Å². The smallest absolute Gasteiger partial charge is 0.307 e. The van der Waals surface area contributed by atoms with Crippen molar-refractivity contribution in [3.8, 4) is 0 Å². The summed E-state index contributed by atoms with van der Waals surface area (Å²) >= 11 is 0. The molecule has 0 aromatic rings. The maximum absolute atomic E-state index is 11.1. The molecule has 1 N–H and O–H groups in total. The van der Waals surface area contributed by atoms with E-state index in [1.807, 2.05) is 0 Å². The van der Waals surface area contributed by atoms with Gasteiger partial charge in [-0.15, -0.1) is 0 Å². The number of hydrogen-bond donors (Lipinski definition) is 1. The lowest BCUT2D eigenvalue weighted by Gasteiger charge is -2.16. The number of ether oxygens (including phenoxy) is 1. The Morgan fingerprint density at radius 2 is 2.38 bits per heavy atom. The molecule has 3 atom stereocenters. The third-order valence-corrected chi connectivity index (χ3v) is 3.49. The van der Waals surface area contributed by atoms with Gasteiger partial charge in [0.15, 0.2) is 0 Å². The minimum absolute atomic E-state index is 0.0787. The third kappa shape index (κ3) is 1.70. The van der Waals surface area contributed by atoms with Crippen LogP contribution >= 0.6 is 0 Å². The van der Waals surface area contributed by atoms with Crippen LogP contribution in [0.15, 0.2) is 0 Å². The second kappa shape index (κ2) is 3.66. The SMILES string of the molecule is COC(=O)CC1NCC2CCCC21. The average molecular weight is 183 g/mol. The molecule has 0 aromatic heterocycles. The zero-order chi connectivity index (χ0) is 9.26. The number of nitrogens with one attached hydrogen (secondary N) is 1. The van der Waals surface area contributed by atoms with Gasteiger partial charge in [-0.05, 0) is 31.2 Å². The summed E-state index contributed by atoms with van der Waals surface area (Å²) in [6, 6.07) is 0.389. The summed E-state index contributed by atoms with van der Waals surface area (Å²) in [5.41, 5.74) is 0. The molecule has 0 bridgehead atoms. The average Bonchev–Trinajstić information content (AvgIpc) is 2.69. The van der Waals surface area contributed by atoms with Crippen LogP contribution in [-0.2, 0) is 9.53 Å². The van der Waals surface area contributed by atoms with Crippen molar-refractivity contribution in [3.05, 3.63) is 0 Å². The van der Waals surface area contributed by atoms with Gasteiger partial charge < -0.3 is 10.1 Å². The number of esters is 1. The molecule has 13 heavy (non-hydrogen) atoms. The summed E-state index contributed by atoms with van der Waals surface area (Å²) in [4.78, 5) is 11.1. The lowest BCUT2D eigenvalue weighted by atomic mass is 9.92. The van der Waals surface area contributed by atoms with Gasteiger partial charge in [-0.1, -0.05) is 6.42 Å². The van der Waals surface area contributed by atoms with E-state index in [-0.39, 0.29) is 5.97 Å². The Kier molecular flexibility index (Phi) is 2.54. The van der Waals surface area contributed by atoms with E-state index in [0.29, 0.717) is 12.5 Å². The Morgan fingerprint density at radius 3 is 3.15 bits per heavy atom. The topological polar surface area (TPSA) is 38.3 Å². The van der Waals surface area contributed by atoms with Crippen LogP contribution in [-0.4, -0.2) is 25.7 Å². The number of methoxy groups -OCH3 is 1. The van der Waals surface area contributed by atoms with Gasteiger partial charge >= 0.3 is 5.97 Å². The highest BCUT2D eigenvalue weighted by Gasteiger charge is 2.39. The molecule has 0 radical (unpaired) electrons. The fourth-order valence-corrected chi connectivity index (χ4v) is 2.79. The van der Waals surface area contributed by atoms with Crippen LogP contribution in [0.25, 0.3) is 0 Å². The van der Waals surface area contributed by atoms with Gasteiger partial charge in [0.1, 0.15) is 0 Å². The van der Waals surface area contributed by atoms with Crippen LogP contribution in [0.3, 0.4) is 0 Å².